The van der Waals surface area contributed by atoms with Gasteiger partial charge in [0.1, 0.15) is 15.9 Å². The largest absolute Gasteiger partial charge is 0.744 e. The molecule has 4 aromatic rings. The van der Waals surface area contributed by atoms with Crippen molar-refractivity contribution in [1.29, 1.82) is 0 Å². The molecular formula is C26H23IO4S. The highest BCUT2D eigenvalue weighted by atomic mass is 127. The first-order valence-electron chi connectivity index (χ1n) is 9.87. The van der Waals surface area contributed by atoms with Crippen molar-refractivity contribution in [2.75, 3.05) is 7.11 Å². The van der Waals surface area contributed by atoms with Crippen LogP contribution in [0.15, 0.2) is 114 Å². The summed E-state index contributed by atoms with van der Waals surface area (Å²) in [6, 6.07) is 34.9. The van der Waals surface area contributed by atoms with E-state index in [0.717, 1.165) is 23.3 Å². The van der Waals surface area contributed by atoms with Gasteiger partial charge in [-0.3, -0.25) is 0 Å². The molecule has 0 aromatic heterocycles. The van der Waals surface area contributed by atoms with Crippen molar-refractivity contribution in [2.45, 2.75) is 11.3 Å². The Bertz CT molecular complexity index is 1190. The highest BCUT2D eigenvalue weighted by Crippen LogP contribution is 2.13. The number of hydrogen-bond acceptors (Lipinski definition) is 4. The Morgan fingerprint density at radius 1 is 0.688 bits per heavy atom. The molecule has 4 nitrogen and oxygen atoms in total. The van der Waals surface area contributed by atoms with Crippen LogP contribution in [0.2, 0.25) is 0 Å². The van der Waals surface area contributed by atoms with Gasteiger partial charge in [0.15, 0.2) is 7.14 Å². The zero-order valence-corrected chi connectivity index (χ0v) is 20.5. The molecule has 0 aliphatic heterocycles. The van der Waals surface area contributed by atoms with E-state index in [0.29, 0.717) is 0 Å². The Balaban J connectivity index is 0.000000182. The molecule has 0 unspecified atom stereocenters. The lowest BCUT2D eigenvalue weighted by molar-refractivity contribution is -0.597. The average molecular weight is 558 g/mol. The fourth-order valence-electron chi connectivity index (χ4n) is 2.84. The van der Waals surface area contributed by atoms with Crippen LogP contribution in [-0.4, -0.2) is 20.1 Å². The van der Waals surface area contributed by atoms with Gasteiger partial charge in [-0.05, 0) is 66.1 Å². The summed E-state index contributed by atoms with van der Waals surface area (Å²) in [6.45, 7) is 0. The van der Waals surface area contributed by atoms with Gasteiger partial charge in [-0.2, -0.15) is 0 Å². The minimum absolute atomic E-state index is 0.0449. The Hall–Kier alpha value is -2.68. The van der Waals surface area contributed by atoms with Crippen LogP contribution in [0.5, 0.6) is 5.75 Å². The van der Waals surface area contributed by atoms with Crippen molar-refractivity contribution in [3.8, 4) is 5.75 Å². The molecule has 4 aromatic carbocycles. The molecule has 0 saturated carbocycles. The van der Waals surface area contributed by atoms with E-state index in [1.807, 2.05) is 42.5 Å². The van der Waals surface area contributed by atoms with Gasteiger partial charge in [-0.25, -0.2) is 8.42 Å². The van der Waals surface area contributed by atoms with Crippen LogP contribution in [0, 0.1) is 7.14 Å². The molecule has 4 rings (SSSR count). The molecule has 0 N–H and O–H groups in total. The average Bonchev–Trinajstić information content (AvgIpc) is 2.81. The molecule has 0 aliphatic carbocycles. The van der Waals surface area contributed by atoms with Crippen LogP contribution in [0.4, 0.5) is 0 Å². The first-order valence-corrected chi connectivity index (χ1v) is 13.4. The Morgan fingerprint density at radius 2 is 1.19 bits per heavy atom. The van der Waals surface area contributed by atoms with E-state index in [9.17, 15) is 13.0 Å². The van der Waals surface area contributed by atoms with Crippen LogP contribution < -0.4 is 25.9 Å². The van der Waals surface area contributed by atoms with Gasteiger partial charge in [-0.15, -0.1) is 0 Å². The maximum atomic E-state index is 10.7. The first kappa shape index (κ1) is 24.0. The van der Waals surface area contributed by atoms with Gasteiger partial charge in [0.2, 0.25) is 0 Å². The molecule has 0 radical (unpaired) electrons. The third-order valence-electron chi connectivity index (χ3n) is 4.46. The summed E-state index contributed by atoms with van der Waals surface area (Å²) in [4.78, 5) is -0.186. The molecule has 0 saturated heterocycles. The summed E-state index contributed by atoms with van der Waals surface area (Å²) in [5, 5.41) is 0. The summed E-state index contributed by atoms with van der Waals surface area (Å²) in [7, 11) is -2.65. The van der Waals surface area contributed by atoms with Crippen molar-refractivity contribution in [3.05, 3.63) is 127 Å². The molecule has 164 valence electrons. The SMILES string of the molecule is COc1ccc([I+]c2ccccc2)cc1.O=S(=O)([O-])c1ccc(Cc2ccccc2)cc1. The number of methoxy groups -OCH3 is 1. The van der Waals surface area contributed by atoms with E-state index in [4.69, 9.17) is 4.74 Å². The van der Waals surface area contributed by atoms with Gasteiger partial charge in [0.25, 0.3) is 0 Å². The third kappa shape index (κ3) is 7.78. The summed E-state index contributed by atoms with van der Waals surface area (Å²) in [5.41, 5.74) is 2.12. The van der Waals surface area contributed by atoms with E-state index in [1.165, 1.54) is 19.3 Å². The van der Waals surface area contributed by atoms with Gasteiger partial charge >= 0.3 is 21.2 Å². The number of halogens is 1. The van der Waals surface area contributed by atoms with Crippen LogP contribution in [0.3, 0.4) is 0 Å². The number of ether oxygens (including phenoxy) is 1. The zero-order valence-electron chi connectivity index (χ0n) is 17.5. The van der Waals surface area contributed by atoms with Crippen LogP contribution in [0.25, 0.3) is 0 Å². The minimum atomic E-state index is -4.34. The van der Waals surface area contributed by atoms with Crippen molar-refractivity contribution >= 4 is 10.1 Å². The minimum Gasteiger partial charge on any atom is -0.744 e. The molecule has 0 aliphatic rings. The predicted octanol–water partition coefficient (Wildman–Crippen LogP) is 2.01. The molecule has 0 heterocycles. The highest BCUT2D eigenvalue weighted by Gasteiger charge is 2.14. The molecule has 0 fully saturated rings. The smallest absolute Gasteiger partial charge is 0.357 e. The van der Waals surface area contributed by atoms with Gasteiger partial charge in [0, 0.05) is 0 Å². The van der Waals surface area contributed by atoms with Gasteiger partial charge in [-0.1, -0.05) is 60.7 Å². The maximum Gasteiger partial charge on any atom is 0.357 e. The third-order valence-corrected chi connectivity index (χ3v) is 8.00. The lowest BCUT2D eigenvalue weighted by Crippen LogP contribution is -3.61. The first-order chi connectivity index (χ1) is 15.4. The molecule has 32 heavy (non-hydrogen) atoms. The molecular weight excluding hydrogens is 535 g/mol. The zero-order chi connectivity index (χ0) is 22.8. The normalized spacial score (nSPS) is 10.7. The number of hydrogen-bond donors (Lipinski definition) is 0. The van der Waals surface area contributed by atoms with Crippen LogP contribution >= 0.6 is 0 Å². The standard InChI is InChI=1S/C13H12IO.C13H12O3S/c1-15-13-9-7-12(8-10-13)14-11-5-3-2-4-6-11;14-17(15,16)13-8-6-12(7-9-13)10-11-4-2-1-3-5-11/h2-10H,1H3;1-9H,10H2,(H,14,15,16)/q+1;/p-1. The molecule has 0 amide bonds. The molecule has 0 bridgehead atoms. The van der Waals surface area contributed by atoms with Crippen LogP contribution in [-0.2, 0) is 16.5 Å². The fourth-order valence-corrected chi connectivity index (χ4v) is 5.53. The van der Waals surface area contributed by atoms with Crippen molar-refractivity contribution < 1.29 is 38.9 Å². The second-order valence-electron chi connectivity index (χ2n) is 6.81. The Kier molecular flexibility index (Phi) is 8.84. The lowest BCUT2D eigenvalue weighted by Gasteiger charge is -2.07. The quantitative estimate of drug-likeness (QED) is 0.269. The maximum absolute atomic E-state index is 10.7. The fraction of sp³-hybridized carbons (Fsp3) is 0.0769. The lowest BCUT2D eigenvalue weighted by atomic mass is 10.1. The number of rotatable bonds is 6. The van der Waals surface area contributed by atoms with Crippen molar-refractivity contribution in [3.63, 3.8) is 0 Å². The monoisotopic (exact) mass is 558 g/mol. The van der Waals surface area contributed by atoms with E-state index >= 15 is 0 Å². The van der Waals surface area contributed by atoms with E-state index in [-0.39, 0.29) is 26.1 Å². The van der Waals surface area contributed by atoms with Gasteiger partial charge < -0.3 is 9.29 Å². The van der Waals surface area contributed by atoms with Crippen molar-refractivity contribution in [1.82, 2.24) is 0 Å². The van der Waals surface area contributed by atoms with E-state index in [2.05, 4.69) is 42.5 Å². The van der Waals surface area contributed by atoms with Gasteiger partial charge in [0.05, 0.1) is 12.0 Å². The second-order valence-corrected chi connectivity index (χ2v) is 11.2. The Morgan fingerprint density at radius 3 is 1.72 bits per heavy atom. The van der Waals surface area contributed by atoms with Crippen LogP contribution in [0.1, 0.15) is 11.1 Å². The summed E-state index contributed by atoms with van der Waals surface area (Å²) in [6.07, 6.45) is 0.722. The summed E-state index contributed by atoms with van der Waals surface area (Å²) in [5.74, 6) is 0.927. The summed E-state index contributed by atoms with van der Waals surface area (Å²) < 4.78 is 40.2. The topological polar surface area (TPSA) is 66.4 Å². The van der Waals surface area contributed by atoms with E-state index in [1.54, 1.807) is 19.2 Å². The highest BCUT2D eigenvalue weighted by molar-refractivity contribution is 7.85. The second kappa shape index (κ2) is 11.8. The van der Waals surface area contributed by atoms with Crippen molar-refractivity contribution in [2.24, 2.45) is 0 Å². The summed E-state index contributed by atoms with van der Waals surface area (Å²) >= 11 is -0.0449. The number of benzene rings is 4. The predicted molar refractivity (Wildman–Crippen MR) is 120 cm³/mol. The Labute approximate surface area is 199 Å². The molecule has 0 spiro atoms. The molecule has 6 heteroatoms. The van der Waals surface area contributed by atoms with E-state index < -0.39 is 10.1 Å². The molecule has 0 atom stereocenters.